The van der Waals surface area contributed by atoms with Crippen molar-refractivity contribution in [2.24, 2.45) is 0 Å². The van der Waals surface area contributed by atoms with Crippen molar-refractivity contribution in [3.63, 3.8) is 0 Å². The summed E-state index contributed by atoms with van der Waals surface area (Å²) in [4.78, 5) is 25.9. The topological polar surface area (TPSA) is 70.7 Å². The van der Waals surface area contributed by atoms with E-state index in [0.29, 0.717) is 17.1 Å². The molecule has 0 aliphatic rings. The molecule has 0 aliphatic carbocycles. The second kappa shape index (κ2) is 7.31. The van der Waals surface area contributed by atoms with Crippen LogP contribution >= 0.6 is 0 Å². The standard InChI is InChI=1S/C17H19N3O3/c1-20(2)14-8-4-6-12(10-14)18-16(21)17(22)19-13-7-5-9-15(11-13)23-3/h4-11H,1-3H3,(H,18,21)(H,19,22). The van der Waals surface area contributed by atoms with Crippen molar-refractivity contribution >= 4 is 28.9 Å². The number of rotatable bonds is 4. The number of methoxy groups -OCH3 is 1. The summed E-state index contributed by atoms with van der Waals surface area (Å²) in [5.41, 5.74) is 1.98. The molecule has 0 bridgehead atoms. The Balaban J connectivity index is 2.02. The molecule has 0 saturated carbocycles. The Morgan fingerprint density at radius 1 is 0.913 bits per heavy atom. The average molecular weight is 313 g/mol. The monoisotopic (exact) mass is 313 g/mol. The zero-order chi connectivity index (χ0) is 16.8. The van der Waals surface area contributed by atoms with Crippen molar-refractivity contribution in [2.75, 3.05) is 36.7 Å². The van der Waals surface area contributed by atoms with E-state index in [9.17, 15) is 9.59 Å². The van der Waals surface area contributed by atoms with Gasteiger partial charge in [-0.3, -0.25) is 9.59 Å². The number of hydrogen-bond donors (Lipinski definition) is 2. The van der Waals surface area contributed by atoms with Crippen LogP contribution in [0.3, 0.4) is 0 Å². The number of amides is 2. The maximum Gasteiger partial charge on any atom is 0.314 e. The highest BCUT2D eigenvalue weighted by molar-refractivity contribution is 6.43. The van der Waals surface area contributed by atoms with E-state index in [1.807, 2.05) is 31.1 Å². The predicted octanol–water partition coefficient (Wildman–Crippen LogP) is 2.34. The molecule has 2 rings (SSSR count). The van der Waals surface area contributed by atoms with Crippen molar-refractivity contribution in [2.45, 2.75) is 0 Å². The van der Waals surface area contributed by atoms with Crippen LogP contribution in [0.4, 0.5) is 17.1 Å². The Labute approximate surface area is 135 Å². The van der Waals surface area contributed by atoms with Crippen LogP contribution in [-0.4, -0.2) is 33.0 Å². The maximum atomic E-state index is 12.0. The molecule has 2 aromatic rings. The van der Waals surface area contributed by atoms with E-state index in [1.165, 1.54) is 7.11 Å². The van der Waals surface area contributed by atoms with Gasteiger partial charge in [-0.1, -0.05) is 12.1 Å². The Morgan fingerprint density at radius 3 is 2.04 bits per heavy atom. The van der Waals surface area contributed by atoms with E-state index in [4.69, 9.17) is 4.74 Å². The molecule has 0 fully saturated rings. The lowest BCUT2D eigenvalue weighted by atomic mass is 10.2. The number of benzene rings is 2. The minimum atomic E-state index is -0.742. The Kier molecular flexibility index (Phi) is 5.19. The maximum absolute atomic E-state index is 12.0. The molecule has 0 aromatic heterocycles. The number of carbonyl (C=O) groups is 2. The van der Waals surface area contributed by atoms with Gasteiger partial charge in [0, 0.05) is 37.2 Å². The number of anilines is 3. The molecule has 0 heterocycles. The van der Waals surface area contributed by atoms with Crippen LogP contribution in [0.1, 0.15) is 0 Å². The van der Waals surface area contributed by atoms with E-state index >= 15 is 0 Å². The second-order valence-corrected chi connectivity index (χ2v) is 5.08. The van der Waals surface area contributed by atoms with Gasteiger partial charge in [0.1, 0.15) is 5.75 Å². The first-order valence-corrected chi connectivity index (χ1v) is 7.03. The zero-order valence-electron chi connectivity index (χ0n) is 13.3. The molecule has 0 aliphatic heterocycles. The minimum Gasteiger partial charge on any atom is -0.497 e. The Morgan fingerprint density at radius 2 is 1.48 bits per heavy atom. The summed E-state index contributed by atoms with van der Waals surface area (Å²) in [6.45, 7) is 0. The van der Waals surface area contributed by atoms with Gasteiger partial charge in [-0.2, -0.15) is 0 Å². The fourth-order valence-corrected chi connectivity index (χ4v) is 1.94. The molecule has 0 unspecified atom stereocenters. The van der Waals surface area contributed by atoms with E-state index in [0.717, 1.165) is 5.69 Å². The number of nitrogens with zero attached hydrogens (tertiary/aromatic N) is 1. The molecular weight excluding hydrogens is 294 g/mol. The molecule has 0 saturated heterocycles. The van der Waals surface area contributed by atoms with Crippen molar-refractivity contribution in [3.05, 3.63) is 48.5 Å². The minimum absolute atomic E-state index is 0.492. The van der Waals surface area contributed by atoms with Crippen molar-refractivity contribution in [1.82, 2.24) is 0 Å². The van der Waals surface area contributed by atoms with Gasteiger partial charge in [-0.15, -0.1) is 0 Å². The van der Waals surface area contributed by atoms with Crippen LogP contribution in [0.15, 0.2) is 48.5 Å². The fourth-order valence-electron chi connectivity index (χ4n) is 1.94. The molecule has 6 nitrogen and oxygen atoms in total. The van der Waals surface area contributed by atoms with Gasteiger partial charge in [0.2, 0.25) is 0 Å². The van der Waals surface area contributed by atoms with Crippen molar-refractivity contribution in [3.8, 4) is 5.75 Å². The van der Waals surface area contributed by atoms with Crippen LogP contribution in [0.25, 0.3) is 0 Å². The van der Waals surface area contributed by atoms with E-state index < -0.39 is 11.8 Å². The molecule has 0 radical (unpaired) electrons. The predicted molar refractivity (Wildman–Crippen MR) is 91.0 cm³/mol. The third kappa shape index (κ3) is 4.47. The van der Waals surface area contributed by atoms with E-state index in [1.54, 1.807) is 36.4 Å². The molecule has 2 aromatic carbocycles. The molecular formula is C17H19N3O3. The number of carbonyl (C=O) groups excluding carboxylic acids is 2. The second-order valence-electron chi connectivity index (χ2n) is 5.08. The summed E-state index contributed by atoms with van der Waals surface area (Å²) in [6.07, 6.45) is 0. The molecule has 23 heavy (non-hydrogen) atoms. The first-order valence-electron chi connectivity index (χ1n) is 7.03. The highest BCUT2D eigenvalue weighted by Crippen LogP contribution is 2.18. The van der Waals surface area contributed by atoms with Gasteiger partial charge in [0.05, 0.1) is 7.11 Å². The molecule has 120 valence electrons. The molecule has 0 spiro atoms. The largest absolute Gasteiger partial charge is 0.497 e. The fraction of sp³-hybridized carbons (Fsp3) is 0.176. The smallest absolute Gasteiger partial charge is 0.314 e. The summed E-state index contributed by atoms with van der Waals surface area (Å²) in [5.74, 6) is -0.876. The van der Waals surface area contributed by atoms with Crippen molar-refractivity contribution in [1.29, 1.82) is 0 Å². The lowest BCUT2D eigenvalue weighted by Crippen LogP contribution is -2.29. The number of nitrogens with one attached hydrogen (secondary N) is 2. The lowest BCUT2D eigenvalue weighted by molar-refractivity contribution is -0.132. The Hall–Kier alpha value is -3.02. The first-order chi connectivity index (χ1) is 11.0. The van der Waals surface area contributed by atoms with E-state index in [2.05, 4.69) is 10.6 Å². The summed E-state index contributed by atoms with van der Waals surface area (Å²) in [7, 11) is 5.33. The summed E-state index contributed by atoms with van der Waals surface area (Å²) < 4.78 is 5.07. The number of hydrogen-bond acceptors (Lipinski definition) is 4. The Bertz CT molecular complexity index is 714. The van der Waals surface area contributed by atoms with Gasteiger partial charge < -0.3 is 20.3 Å². The normalized spacial score (nSPS) is 9.87. The molecule has 2 amide bonds. The highest BCUT2D eigenvalue weighted by Gasteiger charge is 2.14. The lowest BCUT2D eigenvalue weighted by Gasteiger charge is -2.14. The third-order valence-corrected chi connectivity index (χ3v) is 3.15. The van der Waals surface area contributed by atoms with Crippen LogP contribution in [0, 0.1) is 0 Å². The highest BCUT2D eigenvalue weighted by atomic mass is 16.5. The molecule has 6 heteroatoms. The molecule has 2 N–H and O–H groups in total. The zero-order valence-corrected chi connectivity index (χ0v) is 13.3. The third-order valence-electron chi connectivity index (χ3n) is 3.15. The SMILES string of the molecule is COc1cccc(NC(=O)C(=O)Nc2cccc(N(C)C)c2)c1. The van der Waals surface area contributed by atoms with Gasteiger partial charge in [0.15, 0.2) is 0 Å². The van der Waals surface area contributed by atoms with Crippen LogP contribution in [0.5, 0.6) is 5.75 Å². The van der Waals surface area contributed by atoms with E-state index in [-0.39, 0.29) is 0 Å². The average Bonchev–Trinajstić information content (AvgIpc) is 2.55. The first kappa shape index (κ1) is 16.4. The summed E-state index contributed by atoms with van der Waals surface area (Å²) in [5, 5.41) is 5.11. The van der Waals surface area contributed by atoms with Gasteiger partial charge >= 0.3 is 11.8 Å². The van der Waals surface area contributed by atoms with Crippen LogP contribution < -0.4 is 20.3 Å². The quantitative estimate of drug-likeness (QED) is 0.850. The number of ether oxygens (including phenoxy) is 1. The van der Waals surface area contributed by atoms with Crippen LogP contribution in [0.2, 0.25) is 0 Å². The van der Waals surface area contributed by atoms with Gasteiger partial charge in [0.25, 0.3) is 0 Å². The van der Waals surface area contributed by atoms with Gasteiger partial charge in [-0.25, -0.2) is 0 Å². The summed E-state index contributed by atoms with van der Waals surface area (Å²) in [6, 6.07) is 14.0. The summed E-state index contributed by atoms with van der Waals surface area (Å²) >= 11 is 0. The van der Waals surface area contributed by atoms with Crippen LogP contribution in [-0.2, 0) is 9.59 Å². The molecule has 0 atom stereocenters. The van der Waals surface area contributed by atoms with Crippen molar-refractivity contribution < 1.29 is 14.3 Å². The van der Waals surface area contributed by atoms with Gasteiger partial charge in [-0.05, 0) is 30.3 Å².